The van der Waals surface area contributed by atoms with E-state index in [1.165, 1.54) is 0 Å². The maximum Gasteiger partial charge on any atom is 0.149 e. The van der Waals surface area contributed by atoms with Crippen LogP contribution in [0.4, 0.5) is 5.82 Å². The van der Waals surface area contributed by atoms with E-state index in [2.05, 4.69) is 34.4 Å². The third-order valence-electron chi connectivity index (χ3n) is 3.39. The zero-order valence-electron chi connectivity index (χ0n) is 11.1. The molecule has 5 nitrogen and oxygen atoms in total. The number of hydrogen-bond donors (Lipinski definition) is 2. The molecule has 3 aromatic rings. The van der Waals surface area contributed by atoms with Gasteiger partial charge in [-0.15, -0.1) is 0 Å². The minimum Gasteiger partial charge on any atom is -0.382 e. The lowest BCUT2D eigenvalue weighted by atomic mass is 10.1. The highest BCUT2D eigenvalue weighted by Gasteiger charge is 2.17. The van der Waals surface area contributed by atoms with E-state index in [1.807, 2.05) is 23.9 Å². The topological polar surface area (TPSA) is 72.5 Å². The minimum absolute atomic E-state index is 0.576. The lowest BCUT2D eigenvalue weighted by molar-refractivity contribution is 0.798. The molecule has 3 rings (SSSR count). The van der Waals surface area contributed by atoms with Gasteiger partial charge >= 0.3 is 0 Å². The molecule has 0 fully saturated rings. The number of aromatic nitrogens is 4. The van der Waals surface area contributed by atoms with Crippen LogP contribution in [-0.4, -0.2) is 20.0 Å². The van der Waals surface area contributed by atoms with Gasteiger partial charge in [-0.25, -0.2) is 0 Å². The van der Waals surface area contributed by atoms with Crippen molar-refractivity contribution in [3.8, 4) is 11.4 Å². The molecule has 3 N–H and O–H groups in total. The molecule has 2 heterocycles. The molecule has 0 aliphatic rings. The molecular weight excluding hydrogens is 238 g/mol. The number of hydrogen-bond acceptors (Lipinski definition) is 3. The Morgan fingerprint density at radius 3 is 2.89 bits per heavy atom. The fraction of sp³-hybridized carbons (Fsp3) is 0.286. The molecule has 0 saturated carbocycles. The van der Waals surface area contributed by atoms with Gasteiger partial charge in [0.1, 0.15) is 11.5 Å². The molecule has 0 spiro atoms. The summed E-state index contributed by atoms with van der Waals surface area (Å²) in [6.45, 7) is 2.13. The van der Waals surface area contributed by atoms with Gasteiger partial charge in [0, 0.05) is 18.0 Å². The van der Waals surface area contributed by atoms with Gasteiger partial charge in [-0.3, -0.25) is 9.78 Å². The second-order valence-corrected chi connectivity index (χ2v) is 4.70. The summed E-state index contributed by atoms with van der Waals surface area (Å²) >= 11 is 0. The number of rotatable bonds is 3. The number of para-hydroxylation sites is 1. The summed E-state index contributed by atoms with van der Waals surface area (Å²) in [6.07, 6.45) is 1.93. The van der Waals surface area contributed by atoms with Crippen molar-refractivity contribution in [1.29, 1.82) is 0 Å². The number of benzene rings is 1. The predicted molar refractivity (Wildman–Crippen MR) is 76.7 cm³/mol. The Morgan fingerprint density at radius 1 is 1.32 bits per heavy atom. The third-order valence-corrected chi connectivity index (χ3v) is 3.39. The number of anilines is 1. The van der Waals surface area contributed by atoms with E-state index >= 15 is 0 Å². The molecule has 5 heteroatoms. The van der Waals surface area contributed by atoms with Crippen LogP contribution < -0.4 is 5.73 Å². The molecule has 0 aliphatic carbocycles. The van der Waals surface area contributed by atoms with Crippen LogP contribution in [0.5, 0.6) is 0 Å². The van der Waals surface area contributed by atoms with Crippen molar-refractivity contribution in [3.05, 3.63) is 29.8 Å². The maximum absolute atomic E-state index is 5.94. The van der Waals surface area contributed by atoms with Gasteiger partial charge in [0.25, 0.3) is 0 Å². The summed E-state index contributed by atoms with van der Waals surface area (Å²) in [4.78, 5) is 0. The van der Waals surface area contributed by atoms with E-state index in [1.54, 1.807) is 0 Å². The lowest BCUT2D eigenvalue weighted by Gasteiger charge is -2.00. The van der Waals surface area contributed by atoms with E-state index in [-0.39, 0.29) is 0 Å². The van der Waals surface area contributed by atoms with Gasteiger partial charge in [-0.05, 0) is 12.5 Å². The number of aryl methyl sites for hydroxylation is 1. The van der Waals surface area contributed by atoms with Gasteiger partial charge in [-0.1, -0.05) is 31.5 Å². The SMILES string of the molecule is CCCc1c(N)n[nH]c1-c1nn(C)c2ccccc12. The van der Waals surface area contributed by atoms with Gasteiger partial charge in [0.15, 0.2) is 0 Å². The zero-order valence-corrected chi connectivity index (χ0v) is 11.1. The molecule has 0 bridgehead atoms. The molecule has 0 amide bonds. The minimum atomic E-state index is 0.576. The fourth-order valence-electron chi connectivity index (χ4n) is 2.48. The Kier molecular flexibility index (Phi) is 2.74. The largest absolute Gasteiger partial charge is 0.382 e. The highest BCUT2D eigenvalue weighted by atomic mass is 15.3. The summed E-state index contributed by atoms with van der Waals surface area (Å²) in [5.74, 6) is 0.576. The van der Waals surface area contributed by atoms with Crippen LogP contribution >= 0.6 is 0 Å². The summed E-state index contributed by atoms with van der Waals surface area (Å²) in [7, 11) is 1.95. The lowest BCUT2D eigenvalue weighted by Crippen LogP contribution is -1.94. The van der Waals surface area contributed by atoms with E-state index in [0.29, 0.717) is 5.82 Å². The normalized spacial score (nSPS) is 11.3. The number of nitrogens with zero attached hydrogens (tertiary/aromatic N) is 3. The van der Waals surface area contributed by atoms with Gasteiger partial charge < -0.3 is 5.73 Å². The highest BCUT2D eigenvalue weighted by molar-refractivity contribution is 5.93. The smallest absolute Gasteiger partial charge is 0.149 e. The van der Waals surface area contributed by atoms with Crippen molar-refractivity contribution in [2.24, 2.45) is 7.05 Å². The molecule has 0 radical (unpaired) electrons. The molecule has 0 atom stereocenters. The predicted octanol–water partition coefficient (Wildman–Crippen LogP) is 2.50. The van der Waals surface area contributed by atoms with E-state index < -0.39 is 0 Å². The van der Waals surface area contributed by atoms with Gasteiger partial charge in [-0.2, -0.15) is 10.2 Å². The van der Waals surface area contributed by atoms with Crippen molar-refractivity contribution in [1.82, 2.24) is 20.0 Å². The summed E-state index contributed by atoms with van der Waals surface area (Å²) in [6, 6.07) is 8.17. The molecule has 98 valence electrons. The van der Waals surface area contributed by atoms with Crippen LogP contribution in [0.3, 0.4) is 0 Å². The molecule has 2 aromatic heterocycles. The summed E-state index contributed by atoms with van der Waals surface area (Å²) in [5.41, 5.74) is 9.97. The molecule has 0 aliphatic heterocycles. The van der Waals surface area contributed by atoms with Crippen molar-refractivity contribution >= 4 is 16.7 Å². The summed E-state index contributed by atoms with van der Waals surface area (Å²) in [5, 5.41) is 12.9. The van der Waals surface area contributed by atoms with Crippen molar-refractivity contribution in [2.75, 3.05) is 5.73 Å². The van der Waals surface area contributed by atoms with E-state index in [9.17, 15) is 0 Å². The van der Waals surface area contributed by atoms with E-state index in [0.717, 1.165) is 40.7 Å². The second-order valence-electron chi connectivity index (χ2n) is 4.70. The number of aromatic amines is 1. The average Bonchev–Trinajstić information content (AvgIpc) is 2.93. The van der Waals surface area contributed by atoms with Crippen molar-refractivity contribution in [2.45, 2.75) is 19.8 Å². The molecular formula is C14H17N5. The Balaban J connectivity index is 2.25. The summed E-state index contributed by atoms with van der Waals surface area (Å²) < 4.78 is 1.89. The van der Waals surface area contributed by atoms with Crippen LogP contribution in [0, 0.1) is 0 Å². The van der Waals surface area contributed by atoms with Crippen LogP contribution in [0.15, 0.2) is 24.3 Å². The zero-order chi connectivity index (χ0) is 13.4. The first-order chi connectivity index (χ1) is 9.22. The second kappa shape index (κ2) is 4.42. The quantitative estimate of drug-likeness (QED) is 0.755. The maximum atomic E-state index is 5.94. The van der Waals surface area contributed by atoms with Crippen LogP contribution in [0.1, 0.15) is 18.9 Å². The first-order valence-electron chi connectivity index (χ1n) is 6.47. The number of nitrogens with two attached hydrogens (primary N) is 1. The van der Waals surface area contributed by atoms with Crippen molar-refractivity contribution < 1.29 is 0 Å². The van der Waals surface area contributed by atoms with Crippen LogP contribution in [0.25, 0.3) is 22.3 Å². The highest BCUT2D eigenvalue weighted by Crippen LogP contribution is 2.31. The Morgan fingerprint density at radius 2 is 2.11 bits per heavy atom. The Hall–Kier alpha value is -2.30. The molecule has 0 saturated heterocycles. The third kappa shape index (κ3) is 1.78. The molecule has 1 aromatic carbocycles. The monoisotopic (exact) mass is 255 g/mol. The van der Waals surface area contributed by atoms with Gasteiger partial charge in [0.05, 0.1) is 11.2 Å². The fourth-order valence-corrected chi connectivity index (χ4v) is 2.48. The average molecular weight is 255 g/mol. The molecule has 0 unspecified atom stereocenters. The first-order valence-corrected chi connectivity index (χ1v) is 6.47. The number of nitrogen functional groups attached to an aromatic ring is 1. The van der Waals surface area contributed by atoms with Crippen LogP contribution in [0.2, 0.25) is 0 Å². The van der Waals surface area contributed by atoms with Crippen molar-refractivity contribution in [3.63, 3.8) is 0 Å². The first kappa shape index (κ1) is 11.8. The van der Waals surface area contributed by atoms with Crippen LogP contribution in [-0.2, 0) is 13.5 Å². The standard InChI is InChI=1S/C14H17N5/c1-3-6-10-12(16-17-14(10)15)13-9-7-4-5-8-11(9)19(2)18-13/h4-5,7-8H,3,6H2,1-2H3,(H3,15,16,17). The Bertz CT molecular complexity index is 723. The number of H-pyrrole nitrogens is 1. The number of nitrogens with one attached hydrogen (secondary N) is 1. The van der Waals surface area contributed by atoms with E-state index in [4.69, 9.17) is 5.73 Å². The number of fused-ring (bicyclic) bond motifs is 1. The Labute approximate surface area is 111 Å². The van der Waals surface area contributed by atoms with Gasteiger partial charge in [0.2, 0.25) is 0 Å². The molecule has 19 heavy (non-hydrogen) atoms.